The van der Waals surface area contributed by atoms with Crippen molar-refractivity contribution in [3.8, 4) is 0 Å². The van der Waals surface area contributed by atoms with Crippen LogP contribution in [0.4, 0.5) is 0 Å². The van der Waals surface area contributed by atoms with Crippen LogP contribution in [0.3, 0.4) is 0 Å². The van der Waals surface area contributed by atoms with Crippen LogP contribution in [0.25, 0.3) is 0 Å². The van der Waals surface area contributed by atoms with E-state index in [0.717, 1.165) is 29.8 Å². The van der Waals surface area contributed by atoms with E-state index < -0.39 is 0 Å². The van der Waals surface area contributed by atoms with Crippen LogP contribution in [0, 0.1) is 17.8 Å². The summed E-state index contributed by atoms with van der Waals surface area (Å²) < 4.78 is 0. The molecule has 4 atom stereocenters. The molecule has 1 saturated heterocycles. The van der Waals surface area contributed by atoms with Crippen molar-refractivity contribution >= 4 is 0 Å². The fourth-order valence-electron chi connectivity index (χ4n) is 3.66. The number of fused-ring (bicyclic) bond motifs is 2. The smallest absolute Gasteiger partial charge is 0.0101 e. The van der Waals surface area contributed by atoms with Crippen molar-refractivity contribution in [3.63, 3.8) is 0 Å². The minimum absolute atomic E-state index is 0.884. The monoisotopic (exact) mass is 165 g/mol. The highest BCUT2D eigenvalue weighted by molar-refractivity contribution is 5.04. The molecule has 1 heteroatoms. The molecule has 3 aliphatic rings. The quantitative estimate of drug-likeness (QED) is 0.575. The molecule has 3 fully saturated rings. The molecule has 4 unspecified atom stereocenters. The fraction of sp³-hybridized carbons (Fsp3) is 1.00. The Hall–Kier alpha value is -0.0400. The third-order valence-corrected chi connectivity index (χ3v) is 4.70. The van der Waals surface area contributed by atoms with Gasteiger partial charge in [0.1, 0.15) is 0 Å². The normalized spacial score (nSPS) is 53.5. The molecule has 0 radical (unpaired) electrons. The van der Waals surface area contributed by atoms with Crippen LogP contribution in [-0.2, 0) is 0 Å². The highest BCUT2D eigenvalue weighted by Crippen LogP contribution is 2.54. The summed E-state index contributed by atoms with van der Waals surface area (Å²) in [7, 11) is 2.32. The third-order valence-electron chi connectivity index (χ3n) is 4.70. The summed E-state index contributed by atoms with van der Waals surface area (Å²) in [5.74, 6) is 3.34. The van der Waals surface area contributed by atoms with Gasteiger partial charge in [0, 0.05) is 12.1 Å². The van der Waals surface area contributed by atoms with Crippen molar-refractivity contribution < 1.29 is 0 Å². The largest absolute Gasteiger partial charge is 0.300 e. The summed E-state index contributed by atoms with van der Waals surface area (Å²) in [4.78, 5) is 2.61. The minimum atomic E-state index is 0.884. The van der Waals surface area contributed by atoms with Gasteiger partial charge in [-0.3, -0.25) is 0 Å². The average Bonchev–Trinajstić information content (AvgIpc) is 2.77. The van der Waals surface area contributed by atoms with Gasteiger partial charge in [0.25, 0.3) is 0 Å². The molecule has 0 amide bonds. The molecule has 2 saturated carbocycles. The van der Waals surface area contributed by atoms with Crippen molar-refractivity contribution in [2.45, 2.75) is 44.7 Å². The molecular formula is C11H19N. The Morgan fingerprint density at radius 1 is 1.08 bits per heavy atom. The molecule has 0 N–H and O–H groups in total. The van der Waals surface area contributed by atoms with Crippen LogP contribution in [0.5, 0.6) is 0 Å². The maximum absolute atomic E-state index is 2.61. The second kappa shape index (κ2) is 2.25. The minimum Gasteiger partial charge on any atom is -0.300 e. The third kappa shape index (κ3) is 0.834. The SMILES string of the molecule is CC1C2CC(CC2C2CC2)N1C. The lowest BCUT2D eigenvalue weighted by Gasteiger charge is -2.34. The van der Waals surface area contributed by atoms with Crippen LogP contribution in [0.1, 0.15) is 32.6 Å². The van der Waals surface area contributed by atoms with E-state index in [-0.39, 0.29) is 0 Å². The second-order valence-corrected chi connectivity index (χ2v) is 5.20. The van der Waals surface area contributed by atoms with Gasteiger partial charge < -0.3 is 4.90 Å². The summed E-state index contributed by atoms with van der Waals surface area (Å²) >= 11 is 0. The summed E-state index contributed by atoms with van der Waals surface area (Å²) in [6.07, 6.45) is 6.13. The molecule has 0 aromatic heterocycles. The standard InChI is InChI=1S/C11H19N/c1-7-10-5-9(12(7)2)6-11(10)8-3-4-8/h7-11H,3-6H2,1-2H3. The first-order valence-electron chi connectivity index (χ1n) is 5.49. The molecule has 3 rings (SSSR count). The Morgan fingerprint density at radius 3 is 2.25 bits per heavy atom. The first-order valence-corrected chi connectivity index (χ1v) is 5.49. The van der Waals surface area contributed by atoms with E-state index in [1.165, 1.54) is 12.8 Å². The van der Waals surface area contributed by atoms with Crippen molar-refractivity contribution in [2.24, 2.45) is 17.8 Å². The maximum Gasteiger partial charge on any atom is 0.0101 e. The molecule has 0 spiro atoms. The zero-order chi connectivity index (χ0) is 8.29. The first kappa shape index (κ1) is 7.37. The molecule has 0 aromatic carbocycles. The molecule has 1 aliphatic heterocycles. The second-order valence-electron chi connectivity index (χ2n) is 5.20. The van der Waals surface area contributed by atoms with E-state index in [9.17, 15) is 0 Å². The Kier molecular flexibility index (Phi) is 1.39. The van der Waals surface area contributed by atoms with Crippen molar-refractivity contribution in [1.82, 2.24) is 4.90 Å². The van der Waals surface area contributed by atoms with Gasteiger partial charge in [0.05, 0.1) is 0 Å². The lowest BCUT2D eigenvalue weighted by Crippen LogP contribution is -2.39. The predicted molar refractivity (Wildman–Crippen MR) is 50.0 cm³/mol. The average molecular weight is 165 g/mol. The van der Waals surface area contributed by atoms with Gasteiger partial charge in [-0.05, 0) is 57.4 Å². The van der Waals surface area contributed by atoms with E-state index in [4.69, 9.17) is 0 Å². The van der Waals surface area contributed by atoms with Crippen LogP contribution < -0.4 is 0 Å². The van der Waals surface area contributed by atoms with E-state index in [2.05, 4.69) is 18.9 Å². The van der Waals surface area contributed by atoms with Gasteiger partial charge >= 0.3 is 0 Å². The van der Waals surface area contributed by atoms with Crippen LogP contribution in [-0.4, -0.2) is 24.0 Å². The van der Waals surface area contributed by atoms with Gasteiger partial charge in [-0.15, -0.1) is 0 Å². The Labute approximate surface area is 75.1 Å². The number of likely N-dealkylation sites (tertiary alicyclic amines) is 1. The van der Waals surface area contributed by atoms with E-state index >= 15 is 0 Å². The molecule has 0 aromatic rings. The van der Waals surface area contributed by atoms with Crippen LogP contribution in [0.15, 0.2) is 0 Å². The first-order chi connectivity index (χ1) is 5.77. The molecule has 12 heavy (non-hydrogen) atoms. The summed E-state index contributed by atoms with van der Waals surface area (Å²) in [6.45, 7) is 2.43. The van der Waals surface area contributed by atoms with Gasteiger partial charge in [-0.25, -0.2) is 0 Å². The Bertz CT molecular complexity index is 195. The number of hydrogen-bond acceptors (Lipinski definition) is 1. The number of hydrogen-bond donors (Lipinski definition) is 0. The molecule has 2 aliphatic carbocycles. The van der Waals surface area contributed by atoms with Crippen LogP contribution in [0.2, 0.25) is 0 Å². The molecule has 2 bridgehead atoms. The molecule has 68 valence electrons. The lowest BCUT2D eigenvalue weighted by molar-refractivity contribution is 0.133. The molecule has 1 nitrogen and oxygen atoms in total. The summed E-state index contributed by atoms with van der Waals surface area (Å²) in [5, 5.41) is 0. The maximum atomic E-state index is 2.61. The number of nitrogens with zero attached hydrogens (tertiary/aromatic N) is 1. The fourth-order valence-corrected chi connectivity index (χ4v) is 3.66. The number of rotatable bonds is 1. The zero-order valence-electron chi connectivity index (χ0n) is 8.16. The van der Waals surface area contributed by atoms with E-state index in [1.807, 2.05) is 0 Å². The zero-order valence-corrected chi connectivity index (χ0v) is 8.16. The Balaban J connectivity index is 1.79. The van der Waals surface area contributed by atoms with Gasteiger partial charge in [-0.1, -0.05) is 0 Å². The summed E-state index contributed by atoms with van der Waals surface area (Å²) in [6, 6.07) is 1.84. The Morgan fingerprint density at radius 2 is 1.75 bits per heavy atom. The topological polar surface area (TPSA) is 3.24 Å². The molecule has 1 heterocycles. The van der Waals surface area contributed by atoms with Crippen LogP contribution >= 0.6 is 0 Å². The van der Waals surface area contributed by atoms with E-state index in [1.54, 1.807) is 12.8 Å². The number of piperidine rings is 1. The van der Waals surface area contributed by atoms with Crippen molar-refractivity contribution in [1.29, 1.82) is 0 Å². The van der Waals surface area contributed by atoms with Crippen molar-refractivity contribution in [2.75, 3.05) is 7.05 Å². The van der Waals surface area contributed by atoms with Gasteiger partial charge in [-0.2, -0.15) is 0 Å². The lowest BCUT2D eigenvalue weighted by atomic mass is 9.85. The van der Waals surface area contributed by atoms with Gasteiger partial charge in [0.2, 0.25) is 0 Å². The highest BCUT2D eigenvalue weighted by atomic mass is 15.2. The van der Waals surface area contributed by atoms with E-state index in [0.29, 0.717) is 0 Å². The highest BCUT2D eigenvalue weighted by Gasteiger charge is 2.51. The van der Waals surface area contributed by atoms with Gasteiger partial charge in [0.15, 0.2) is 0 Å². The van der Waals surface area contributed by atoms with Crippen molar-refractivity contribution in [3.05, 3.63) is 0 Å². The summed E-state index contributed by atoms with van der Waals surface area (Å²) in [5.41, 5.74) is 0. The predicted octanol–water partition coefficient (Wildman–Crippen LogP) is 2.13. The molecular weight excluding hydrogens is 146 g/mol.